The summed E-state index contributed by atoms with van der Waals surface area (Å²) in [5.74, 6) is -3.77. The Morgan fingerprint density at radius 3 is 2.50 bits per heavy atom. The molecule has 88 valence electrons. The number of carbonyl (C=O) groups is 1. The summed E-state index contributed by atoms with van der Waals surface area (Å²) in [6, 6.07) is 0.794. The Morgan fingerprint density at radius 1 is 1.25 bits per heavy atom. The van der Waals surface area contributed by atoms with Crippen molar-refractivity contribution in [3.8, 4) is 0 Å². The molecular weight excluding hydrogens is 227 g/mol. The summed E-state index contributed by atoms with van der Waals surface area (Å²) in [6.45, 7) is -0.676. The van der Waals surface area contributed by atoms with E-state index in [2.05, 4.69) is 4.74 Å². The zero-order valence-corrected chi connectivity index (χ0v) is 7.97. The molecule has 7 heteroatoms. The van der Waals surface area contributed by atoms with Crippen molar-refractivity contribution in [3.05, 3.63) is 29.6 Å². The SMILES string of the molecule is O=C(Nc1cc(F)c(F)cc1F)OCCO. The van der Waals surface area contributed by atoms with Crippen molar-refractivity contribution < 1.29 is 27.8 Å². The zero-order chi connectivity index (χ0) is 12.1. The van der Waals surface area contributed by atoms with Crippen molar-refractivity contribution in [3.63, 3.8) is 0 Å². The Kier molecular flexibility index (Phi) is 4.12. The topological polar surface area (TPSA) is 58.6 Å². The number of amides is 1. The number of halogens is 3. The van der Waals surface area contributed by atoms with Crippen LogP contribution in [0.3, 0.4) is 0 Å². The van der Waals surface area contributed by atoms with Crippen LogP contribution in [-0.4, -0.2) is 24.4 Å². The minimum absolute atomic E-state index is 0.281. The molecule has 0 radical (unpaired) electrons. The maximum Gasteiger partial charge on any atom is 0.411 e. The highest BCUT2D eigenvalue weighted by Crippen LogP contribution is 2.18. The molecule has 0 unspecified atom stereocenters. The summed E-state index contributed by atoms with van der Waals surface area (Å²) in [6.07, 6.45) is -1.07. The van der Waals surface area contributed by atoms with Gasteiger partial charge >= 0.3 is 6.09 Å². The first-order valence-corrected chi connectivity index (χ1v) is 4.23. The highest BCUT2D eigenvalue weighted by Gasteiger charge is 2.12. The lowest BCUT2D eigenvalue weighted by Gasteiger charge is -2.07. The third-order valence-electron chi connectivity index (χ3n) is 1.57. The van der Waals surface area contributed by atoms with Crippen molar-refractivity contribution in [2.24, 2.45) is 0 Å². The van der Waals surface area contributed by atoms with Crippen LogP contribution in [0.4, 0.5) is 23.7 Å². The Balaban J connectivity index is 2.73. The normalized spacial score (nSPS) is 10.0. The van der Waals surface area contributed by atoms with Crippen molar-refractivity contribution >= 4 is 11.8 Å². The summed E-state index contributed by atoms with van der Waals surface area (Å²) in [4.78, 5) is 10.9. The first-order valence-electron chi connectivity index (χ1n) is 4.23. The van der Waals surface area contributed by atoms with E-state index in [-0.39, 0.29) is 6.61 Å². The van der Waals surface area contributed by atoms with Gasteiger partial charge in [-0.1, -0.05) is 0 Å². The first-order chi connectivity index (χ1) is 7.54. The number of carbonyl (C=O) groups excluding carboxylic acids is 1. The third-order valence-corrected chi connectivity index (χ3v) is 1.57. The monoisotopic (exact) mass is 235 g/mol. The number of nitrogens with one attached hydrogen (secondary N) is 1. The largest absolute Gasteiger partial charge is 0.447 e. The molecule has 0 spiro atoms. The second-order valence-corrected chi connectivity index (χ2v) is 2.73. The van der Waals surface area contributed by atoms with E-state index in [4.69, 9.17) is 5.11 Å². The lowest BCUT2D eigenvalue weighted by molar-refractivity contribution is 0.131. The number of hydrogen-bond acceptors (Lipinski definition) is 3. The predicted octanol–water partition coefficient (Wildman–Crippen LogP) is 1.64. The van der Waals surface area contributed by atoms with Gasteiger partial charge in [-0.2, -0.15) is 0 Å². The number of aliphatic hydroxyl groups excluding tert-OH is 1. The van der Waals surface area contributed by atoms with Gasteiger partial charge in [-0.05, 0) is 0 Å². The van der Waals surface area contributed by atoms with E-state index in [1.807, 2.05) is 5.32 Å². The Labute approximate surface area is 88.6 Å². The Hall–Kier alpha value is -1.76. The lowest BCUT2D eigenvalue weighted by Crippen LogP contribution is -2.16. The number of benzene rings is 1. The fourth-order valence-electron chi connectivity index (χ4n) is 0.903. The minimum atomic E-state index is -1.35. The molecule has 0 saturated carbocycles. The van der Waals surface area contributed by atoms with E-state index >= 15 is 0 Å². The molecule has 4 nitrogen and oxygen atoms in total. The van der Waals surface area contributed by atoms with Gasteiger partial charge in [0.15, 0.2) is 11.6 Å². The Morgan fingerprint density at radius 2 is 1.88 bits per heavy atom. The summed E-state index contributed by atoms with van der Waals surface area (Å²) in [5.41, 5.74) is -0.540. The number of rotatable bonds is 3. The van der Waals surface area contributed by atoms with E-state index in [1.54, 1.807) is 0 Å². The van der Waals surface area contributed by atoms with Crippen LogP contribution in [0.5, 0.6) is 0 Å². The van der Waals surface area contributed by atoms with Crippen LogP contribution in [0.2, 0.25) is 0 Å². The summed E-state index contributed by atoms with van der Waals surface area (Å²) >= 11 is 0. The highest BCUT2D eigenvalue weighted by molar-refractivity contribution is 5.84. The quantitative estimate of drug-likeness (QED) is 0.783. The van der Waals surface area contributed by atoms with Crippen LogP contribution < -0.4 is 5.32 Å². The van der Waals surface area contributed by atoms with Crippen LogP contribution in [0.1, 0.15) is 0 Å². The Bertz CT molecular complexity index is 398. The molecule has 2 N–H and O–H groups in total. The summed E-state index contributed by atoms with van der Waals surface area (Å²) in [7, 11) is 0. The maximum atomic E-state index is 13.0. The van der Waals surface area contributed by atoms with Gasteiger partial charge in [0, 0.05) is 12.1 Å². The molecule has 1 aromatic rings. The second kappa shape index (κ2) is 5.36. The molecule has 0 fully saturated rings. The molecule has 0 aliphatic carbocycles. The smallest absolute Gasteiger partial charge is 0.411 e. The molecule has 0 aliphatic heterocycles. The van der Waals surface area contributed by atoms with Crippen molar-refractivity contribution in [1.82, 2.24) is 0 Å². The van der Waals surface area contributed by atoms with Gasteiger partial charge in [0.25, 0.3) is 0 Å². The van der Waals surface area contributed by atoms with Gasteiger partial charge in [-0.25, -0.2) is 18.0 Å². The van der Waals surface area contributed by atoms with Crippen molar-refractivity contribution in [2.75, 3.05) is 18.5 Å². The molecule has 16 heavy (non-hydrogen) atoms. The van der Waals surface area contributed by atoms with Crippen molar-refractivity contribution in [2.45, 2.75) is 0 Å². The fourth-order valence-corrected chi connectivity index (χ4v) is 0.903. The van der Waals surface area contributed by atoms with E-state index in [1.165, 1.54) is 0 Å². The molecule has 1 rings (SSSR count). The van der Waals surface area contributed by atoms with Gasteiger partial charge < -0.3 is 9.84 Å². The van der Waals surface area contributed by atoms with Crippen LogP contribution in [0.25, 0.3) is 0 Å². The standard InChI is InChI=1S/C9H8F3NO3/c10-5-3-7(12)8(4-6(5)11)13-9(15)16-2-1-14/h3-4,14H,1-2H2,(H,13,15). The average molecular weight is 235 g/mol. The average Bonchev–Trinajstić information content (AvgIpc) is 2.23. The van der Waals surface area contributed by atoms with E-state index in [0.29, 0.717) is 12.1 Å². The van der Waals surface area contributed by atoms with Gasteiger partial charge in [0.05, 0.1) is 12.3 Å². The van der Waals surface area contributed by atoms with Gasteiger partial charge in [-0.15, -0.1) is 0 Å². The van der Waals surface area contributed by atoms with Crippen LogP contribution in [-0.2, 0) is 4.74 Å². The van der Waals surface area contributed by atoms with Crippen LogP contribution >= 0.6 is 0 Å². The van der Waals surface area contributed by atoms with Crippen LogP contribution in [0, 0.1) is 17.5 Å². The zero-order valence-electron chi connectivity index (χ0n) is 7.97. The molecule has 0 heterocycles. The number of anilines is 1. The molecular formula is C9H8F3NO3. The second-order valence-electron chi connectivity index (χ2n) is 2.73. The minimum Gasteiger partial charge on any atom is -0.447 e. The van der Waals surface area contributed by atoms with Crippen molar-refractivity contribution in [1.29, 1.82) is 0 Å². The molecule has 0 aromatic heterocycles. The molecule has 0 aliphatic rings. The lowest BCUT2D eigenvalue weighted by atomic mass is 10.3. The highest BCUT2D eigenvalue weighted by atomic mass is 19.2. The summed E-state index contributed by atoms with van der Waals surface area (Å²) < 4.78 is 42.5. The van der Waals surface area contributed by atoms with Gasteiger partial charge in [0.2, 0.25) is 0 Å². The van der Waals surface area contributed by atoms with E-state index in [0.717, 1.165) is 0 Å². The fraction of sp³-hybridized carbons (Fsp3) is 0.222. The van der Waals surface area contributed by atoms with Crippen LogP contribution in [0.15, 0.2) is 12.1 Å². The molecule has 1 amide bonds. The molecule has 0 bridgehead atoms. The van der Waals surface area contributed by atoms with Gasteiger partial charge in [-0.3, -0.25) is 5.32 Å². The summed E-state index contributed by atoms with van der Waals surface area (Å²) in [5, 5.41) is 10.2. The molecule has 1 aromatic carbocycles. The number of aliphatic hydroxyl groups is 1. The number of ether oxygens (including phenoxy) is 1. The third kappa shape index (κ3) is 3.13. The molecule has 0 atom stereocenters. The van der Waals surface area contributed by atoms with E-state index < -0.39 is 35.8 Å². The van der Waals surface area contributed by atoms with Gasteiger partial charge in [0.1, 0.15) is 12.4 Å². The van der Waals surface area contributed by atoms with E-state index in [9.17, 15) is 18.0 Å². The predicted molar refractivity (Wildman–Crippen MR) is 48.4 cm³/mol. The number of hydrogen-bond donors (Lipinski definition) is 2. The maximum absolute atomic E-state index is 13.0. The first kappa shape index (κ1) is 12.3. The molecule has 0 saturated heterocycles.